The third-order valence-corrected chi connectivity index (χ3v) is 2.49. The zero-order chi connectivity index (χ0) is 12.1. The van der Waals surface area contributed by atoms with Crippen molar-refractivity contribution in [1.29, 1.82) is 0 Å². The van der Waals surface area contributed by atoms with Crippen LogP contribution in [0.2, 0.25) is 0 Å². The molecule has 2 aromatic carbocycles. The highest BCUT2D eigenvalue weighted by Crippen LogP contribution is 2.25. The van der Waals surface area contributed by atoms with Crippen LogP contribution in [0, 0.1) is 6.07 Å². The molecule has 2 aromatic rings. The van der Waals surface area contributed by atoms with E-state index in [4.69, 9.17) is 9.47 Å². The van der Waals surface area contributed by atoms with E-state index in [1.165, 1.54) is 0 Å². The van der Waals surface area contributed by atoms with Gasteiger partial charge in [0.1, 0.15) is 11.5 Å². The van der Waals surface area contributed by atoms with Crippen LogP contribution in [0.25, 0.3) is 11.1 Å². The molecule has 0 N–H and O–H groups in total. The summed E-state index contributed by atoms with van der Waals surface area (Å²) in [6, 6.07) is 16.9. The Morgan fingerprint density at radius 1 is 1.06 bits per heavy atom. The zero-order valence-electron chi connectivity index (χ0n) is 10.1. The lowest BCUT2D eigenvalue weighted by molar-refractivity contribution is 0.340. The van der Waals surface area contributed by atoms with Crippen LogP contribution in [0.3, 0.4) is 0 Å². The van der Waals surface area contributed by atoms with Gasteiger partial charge >= 0.3 is 0 Å². The Morgan fingerprint density at radius 2 is 1.82 bits per heavy atom. The quantitative estimate of drug-likeness (QED) is 0.795. The summed E-state index contributed by atoms with van der Waals surface area (Å²) in [5.74, 6) is 1.73. The molecule has 0 fully saturated rings. The standard InChI is InChI=1S/C15H15O2/c1-3-17-14-9-7-12(8-10-14)13-5-4-6-15(11-13)16-2/h4,6-11H,3H2,1-2H3. The van der Waals surface area contributed by atoms with Crippen molar-refractivity contribution in [3.8, 4) is 22.6 Å². The maximum absolute atomic E-state index is 5.41. The monoisotopic (exact) mass is 227 g/mol. The van der Waals surface area contributed by atoms with E-state index in [1.807, 2.05) is 49.4 Å². The summed E-state index contributed by atoms with van der Waals surface area (Å²) in [5.41, 5.74) is 2.12. The minimum atomic E-state index is 0.685. The highest BCUT2D eigenvalue weighted by molar-refractivity contribution is 5.65. The molecule has 0 aliphatic rings. The van der Waals surface area contributed by atoms with Crippen LogP contribution in [0.1, 0.15) is 6.92 Å². The third-order valence-electron chi connectivity index (χ3n) is 2.49. The summed E-state index contributed by atoms with van der Waals surface area (Å²) in [6.07, 6.45) is 0. The largest absolute Gasteiger partial charge is 0.497 e. The van der Waals surface area contributed by atoms with E-state index in [-0.39, 0.29) is 0 Å². The van der Waals surface area contributed by atoms with Crippen LogP contribution in [0.5, 0.6) is 11.5 Å². The van der Waals surface area contributed by atoms with Gasteiger partial charge < -0.3 is 9.47 Å². The molecule has 0 saturated heterocycles. The van der Waals surface area contributed by atoms with Gasteiger partial charge in [0.05, 0.1) is 13.7 Å². The first kappa shape index (κ1) is 11.5. The van der Waals surface area contributed by atoms with Crippen LogP contribution in [-0.4, -0.2) is 13.7 Å². The second kappa shape index (κ2) is 5.39. The van der Waals surface area contributed by atoms with Crippen LogP contribution in [0.15, 0.2) is 42.5 Å². The molecule has 2 heteroatoms. The molecule has 2 nitrogen and oxygen atoms in total. The molecule has 17 heavy (non-hydrogen) atoms. The van der Waals surface area contributed by atoms with Crippen LogP contribution in [-0.2, 0) is 0 Å². The second-order valence-corrected chi connectivity index (χ2v) is 3.60. The maximum Gasteiger partial charge on any atom is 0.119 e. The van der Waals surface area contributed by atoms with Crippen molar-refractivity contribution in [2.45, 2.75) is 6.92 Å². The summed E-state index contributed by atoms with van der Waals surface area (Å²) in [7, 11) is 1.66. The van der Waals surface area contributed by atoms with Crippen molar-refractivity contribution < 1.29 is 9.47 Å². The SMILES string of the molecule is CCOc1ccc(-c2[c]ccc(OC)c2)cc1. The molecule has 0 unspecified atom stereocenters. The normalized spacial score (nSPS) is 10.0. The average molecular weight is 227 g/mol. The van der Waals surface area contributed by atoms with E-state index >= 15 is 0 Å². The summed E-state index contributed by atoms with van der Waals surface area (Å²) in [5, 5.41) is 0. The van der Waals surface area contributed by atoms with Gasteiger partial charge in [-0.25, -0.2) is 0 Å². The molecule has 0 bridgehead atoms. The highest BCUT2D eigenvalue weighted by atomic mass is 16.5. The van der Waals surface area contributed by atoms with Gasteiger partial charge in [0, 0.05) is 0 Å². The number of hydrogen-bond acceptors (Lipinski definition) is 2. The van der Waals surface area contributed by atoms with Crippen LogP contribution < -0.4 is 9.47 Å². The first-order chi connectivity index (χ1) is 8.33. The number of benzene rings is 2. The maximum atomic E-state index is 5.41. The molecule has 0 atom stereocenters. The zero-order valence-corrected chi connectivity index (χ0v) is 10.1. The lowest BCUT2D eigenvalue weighted by atomic mass is 10.1. The summed E-state index contributed by atoms with van der Waals surface area (Å²) < 4.78 is 10.6. The van der Waals surface area contributed by atoms with Crippen molar-refractivity contribution in [1.82, 2.24) is 0 Å². The van der Waals surface area contributed by atoms with Crippen molar-refractivity contribution in [3.05, 3.63) is 48.5 Å². The molecule has 0 aromatic heterocycles. The predicted octanol–water partition coefficient (Wildman–Crippen LogP) is 3.56. The fourth-order valence-electron chi connectivity index (χ4n) is 1.64. The van der Waals surface area contributed by atoms with Crippen molar-refractivity contribution in [2.75, 3.05) is 13.7 Å². The lowest BCUT2D eigenvalue weighted by Crippen LogP contribution is -1.90. The Balaban J connectivity index is 2.26. The summed E-state index contributed by atoms with van der Waals surface area (Å²) in [4.78, 5) is 0. The highest BCUT2D eigenvalue weighted by Gasteiger charge is 2.00. The fraction of sp³-hybridized carbons (Fsp3) is 0.200. The summed E-state index contributed by atoms with van der Waals surface area (Å²) in [6.45, 7) is 2.66. The molecule has 1 radical (unpaired) electrons. The van der Waals surface area contributed by atoms with Gasteiger partial charge in [-0.3, -0.25) is 0 Å². The molecular weight excluding hydrogens is 212 g/mol. The van der Waals surface area contributed by atoms with Gasteiger partial charge in [-0.05, 0) is 48.4 Å². The Labute approximate surface area is 102 Å². The van der Waals surface area contributed by atoms with E-state index in [1.54, 1.807) is 7.11 Å². The molecule has 0 spiro atoms. The molecule has 0 amide bonds. The minimum absolute atomic E-state index is 0.685. The van der Waals surface area contributed by atoms with Crippen LogP contribution >= 0.6 is 0 Å². The van der Waals surface area contributed by atoms with Gasteiger partial charge in [0.15, 0.2) is 0 Å². The van der Waals surface area contributed by atoms with E-state index in [0.717, 1.165) is 22.6 Å². The van der Waals surface area contributed by atoms with Gasteiger partial charge in [0.2, 0.25) is 0 Å². The van der Waals surface area contributed by atoms with Crippen molar-refractivity contribution in [3.63, 3.8) is 0 Å². The van der Waals surface area contributed by atoms with E-state index in [2.05, 4.69) is 6.07 Å². The third kappa shape index (κ3) is 2.78. The predicted molar refractivity (Wildman–Crippen MR) is 68.4 cm³/mol. The van der Waals surface area contributed by atoms with Gasteiger partial charge in [-0.1, -0.05) is 18.2 Å². The molecule has 87 valence electrons. The van der Waals surface area contributed by atoms with E-state index in [0.29, 0.717) is 6.61 Å². The van der Waals surface area contributed by atoms with E-state index in [9.17, 15) is 0 Å². The van der Waals surface area contributed by atoms with Gasteiger partial charge in [-0.15, -0.1) is 0 Å². The Bertz CT molecular complexity index is 475. The Morgan fingerprint density at radius 3 is 2.47 bits per heavy atom. The number of hydrogen-bond donors (Lipinski definition) is 0. The fourth-order valence-corrected chi connectivity index (χ4v) is 1.64. The van der Waals surface area contributed by atoms with Crippen LogP contribution in [0.4, 0.5) is 0 Å². The average Bonchev–Trinajstić information content (AvgIpc) is 2.40. The molecule has 0 saturated carbocycles. The first-order valence-corrected chi connectivity index (χ1v) is 5.62. The summed E-state index contributed by atoms with van der Waals surface area (Å²) >= 11 is 0. The lowest BCUT2D eigenvalue weighted by Gasteiger charge is -2.06. The Kier molecular flexibility index (Phi) is 3.66. The minimum Gasteiger partial charge on any atom is -0.497 e. The number of methoxy groups -OCH3 is 1. The first-order valence-electron chi connectivity index (χ1n) is 5.62. The van der Waals surface area contributed by atoms with Crippen molar-refractivity contribution >= 4 is 0 Å². The van der Waals surface area contributed by atoms with Gasteiger partial charge in [0.25, 0.3) is 0 Å². The number of ether oxygens (including phenoxy) is 2. The van der Waals surface area contributed by atoms with Gasteiger partial charge in [-0.2, -0.15) is 0 Å². The molecule has 0 aliphatic carbocycles. The molecule has 0 aliphatic heterocycles. The smallest absolute Gasteiger partial charge is 0.119 e. The molecular formula is C15H15O2. The topological polar surface area (TPSA) is 18.5 Å². The molecule has 2 rings (SSSR count). The Hall–Kier alpha value is -1.96. The molecule has 0 heterocycles. The van der Waals surface area contributed by atoms with E-state index < -0.39 is 0 Å². The number of rotatable bonds is 4. The van der Waals surface area contributed by atoms with Crippen molar-refractivity contribution in [2.24, 2.45) is 0 Å². The second-order valence-electron chi connectivity index (χ2n) is 3.60.